The molecule has 0 saturated heterocycles. The highest BCUT2D eigenvalue weighted by Gasteiger charge is 2.34. The predicted octanol–water partition coefficient (Wildman–Crippen LogP) is 5.34. The van der Waals surface area contributed by atoms with E-state index in [1.165, 1.54) is 11.8 Å². The number of hydrogen-bond donors (Lipinski definition) is 0. The van der Waals surface area contributed by atoms with E-state index < -0.39 is 0 Å². The van der Waals surface area contributed by atoms with Crippen LogP contribution in [0.4, 0.5) is 0 Å². The van der Waals surface area contributed by atoms with Crippen LogP contribution in [0, 0.1) is 0 Å². The molecule has 0 bridgehead atoms. The number of amides is 1. The predicted molar refractivity (Wildman–Crippen MR) is 134 cm³/mol. The van der Waals surface area contributed by atoms with E-state index in [0.717, 1.165) is 51.4 Å². The first-order chi connectivity index (χ1) is 16.2. The van der Waals surface area contributed by atoms with Gasteiger partial charge < -0.3 is 4.57 Å². The van der Waals surface area contributed by atoms with Crippen molar-refractivity contribution in [3.8, 4) is 11.4 Å². The molecule has 1 unspecified atom stereocenters. The van der Waals surface area contributed by atoms with E-state index in [-0.39, 0.29) is 17.7 Å². The van der Waals surface area contributed by atoms with Gasteiger partial charge in [-0.1, -0.05) is 30.8 Å². The Morgan fingerprint density at radius 1 is 1.12 bits per heavy atom. The molecule has 5 heterocycles. The van der Waals surface area contributed by atoms with E-state index in [4.69, 9.17) is 5.10 Å². The summed E-state index contributed by atoms with van der Waals surface area (Å²) in [6.07, 6.45) is 5.17. The molecule has 4 aromatic heterocycles. The average Bonchev–Trinajstić information content (AvgIpc) is 3.64. The van der Waals surface area contributed by atoms with Gasteiger partial charge in [-0.05, 0) is 41.4 Å². The summed E-state index contributed by atoms with van der Waals surface area (Å²) in [4.78, 5) is 19.7. The zero-order chi connectivity index (χ0) is 22.6. The van der Waals surface area contributed by atoms with Crippen molar-refractivity contribution in [3.05, 3.63) is 69.3 Å². The summed E-state index contributed by atoms with van der Waals surface area (Å²) >= 11 is 4.73. The Bertz CT molecular complexity index is 1230. The molecular weight excluding hydrogens is 472 g/mol. The molecule has 0 spiro atoms. The standard InChI is InChI=1S/C23H22N6OS3/c1-2-11-28-22(16-7-9-24-10-8-16)25-26-23(28)33-15-21(30)29-18(20-6-4-13-32-20)14-17(27-29)19-5-3-12-31-19/h3-10,12-13,18H,2,11,14-15H2,1H3. The fourth-order valence-electron chi connectivity index (χ4n) is 3.76. The number of thioether (sulfide) groups is 1. The van der Waals surface area contributed by atoms with Gasteiger partial charge in [0.1, 0.15) is 0 Å². The first-order valence-electron chi connectivity index (χ1n) is 10.7. The smallest absolute Gasteiger partial charge is 0.253 e. The molecule has 0 fully saturated rings. The SMILES string of the molecule is CCCn1c(SCC(=O)N2N=C(c3cccs3)CC2c2cccs2)nnc1-c1ccncc1. The van der Waals surface area contributed by atoms with Crippen molar-refractivity contribution in [3.63, 3.8) is 0 Å². The van der Waals surface area contributed by atoms with E-state index in [2.05, 4.69) is 38.8 Å². The minimum absolute atomic E-state index is 0.0264. The Hall–Kier alpha value is -2.82. The van der Waals surface area contributed by atoms with Crippen LogP contribution in [0.3, 0.4) is 0 Å². The summed E-state index contributed by atoms with van der Waals surface area (Å²) < 4.78 is 2.08. The highest BCUT2D eigenvalue weighted by molar-refractivity contribution is 7.99. The normalized spacial score (nSPS) is 15.7. The maximum atomic E-state index is 13.3. The van der Waals surface area contributed by atoms with Crippen LogP contribution in [0.2, 0.25) is 0 Å². The largest absolute Gasteiger partial charge is 0.302 e. The topological polar surface area (TPSA) is 76.3 Å². The fourth-order valence-corrected chi connectivity index (χ4v) is 6.11. The first-order valence-corrected chi connectivity index (χ1v) is 13.4. The van der Waals surface area contributed by atoms with Crippen molar-refractivity contribution >= 4 is 46.1 Å². The second-order valence-corrected chi connectivity index (χ2v) is 10.3. The molecule has 4 aromatic rings. The van der Waals surface area contributed by atoms with Crippen molar-refractivity contribution < 1.29 is 4.79 Å². The van der Waals surface area contributed by atoms with Crippen molar-refractivity contribution in [1.82, 2.24) is 24.8 Å². The summed E-state index contributed by atoms with van der Waals surface area (Å²) in [6, 6.07) is 12.0. The lowest BCUT2D eigenvalue weighted by Crippen LogP contribution is -2.28. The lowest BCUT2D eigenvalue weighted by molar-refractivity contribution is -0.130. The van der Waals surface area contributed by atoms with Crippen LogP contribution in [-0.4, -0.2) is 42.1 Å². The number of hydrazone groups is 1. The summed E-state index contributed by atoms with van der Waals surface area (Å²) in [5.41, 5.74) is 1.93. The molecule has 168 valence electrons. The molecule has 0 aliphatic carbocycles. The number of aromatic nitrogens is 4. The Balaban J connectivity index is 1.36. The molecule has 0 N–H and O–H groups in total. The van der Waals surface area contributed by atoms with Gasteiger partial charge in [0.05, 0.1) is 22.4 Å². The Morgan fingerprint density at radius 3 is 2.67 bits per heavy atom. The van der Waals surface area contributed by atoms with Gasteiger partial charge >= 0.3 is 0 Å². The molecule has 1 atom stereocenters. The molecule has 1 aliphatic rings. The fraction of sp³-hybridized carbons (Fsp3) is 0.261. The van der Waals surface area contributed by atoms with Gasteiger partial charge in [-0.2, -0.15) is 5.10 Å². The number of pyridine rings is 1. The highest BCUT2D eigenvalue weighted by Crippen LogP contribution is 2.36. The van der Waals surface area contributed by atoms with Crippen LogP contribution in [-0.2, 0) is 11.3 Å². The zero-order valence-electron chi connectivity index (χ0n) is 18.0. The molecule has 33 heavy (non-hydrogen) atoms. The number of rotatable bonds is 8. The van der Waals surface area contributed by atoms with E-state index in [0.29, 0.717) is 0 Å². The van der Waals surface area contributed by atoms with Gasteiger partial charge in [0.15, 0.2) is 11.0 Å². The van der Waals surface area contributed by atoms with Gasteiger partial charge in [0, 0.05) is 35.8 Å². The molecule has 0 saturated carbocycles. The van der Waals surface area contributed by atoms with Crippen molar-refractivity contribution in [2.45, 2.75) is 37.5 Å². The number of thiophene rings is 2. The molecule has 0 radical (unpaired) electrons. The minimum atomic E-state index is -0.0592. The molecular formula is C23H22N6OS3. The molecule has 1 aliphatic heterocycles. The average molecular weight is 495 g/mol. The zero-order valence-corrected chi connectivity index (χ0v) is 20.4. The van der Waals surface area contributed by atoms with Crippen molar-refractivity contribution in [2.24, 2.45) is 5.10 Å². The van der Waals surface area contributed by atoms with Crippen LogP contribution in [0.5, 0.6) is 0 Å². The maximum absolute atomic E-state index is 13.3. The third-order valence-electron chi connectivity index (χ3n) is 5.27. The van der Waals surface area contributed by atoms with Crippen LogP contribution >= 0.6 is 34.4 Å². The lowest BCUT2D eigenvalue weighted by Gasteiger charge is -2.20. The lowest BCUT2D eigenvalue weighted by atomic mass is 10.1. The van der Waals surface area contributed by atoms with Crippen molar-refractivity contribution in [2.75, 3.05) is 5.75 Å². The molecule has 1 amide bonds. The quantitative estimate of drug-likeness (QED) is 0.309. The third-order valence-corrected chi connectivity index (χ3v) is 8.11. The summed E-state index contributed by atoms with van der Waals surface area (Å²) in [5, 5.41) is 20.0. The van der Waals surface area contributed by atoms with Crippen LogP contribution in [0.15, 0.2) is 69.8 Å². The van der Waals surface area contributed by atoms with Crippen LogP contribution in [0.1, 0.15) is 35.6 Å². The number of carbonyl (C=O) groups is 1. The Kier molecular flexibility index (Phi) is 6.65. The summed E-state index contributed by atoms with van der Waals surface area (Å²) in [6.45, 7) is 2.90. The minimum Gasteiger partial charge on any atom is -0.302 e. The molecule has 0 aromatic carbocycles. The van der Waals surface area contributed by atoms with Gasteiger partial charge in [0.25, 0.3) is 5.91 Å². The van der Waals surface area contributed by atoms with E-state index in [1.54, 1.807) is 40.1 Å². The summed E-state index contributed by atoms with van der Waals surface area (Å²) in [5.74, 6) is 1.02. The second-order valence-electron chi connectivity index (χ2n) is 7.48. The van der Waals surface area contributed by atoms with Gasteiger partial charge in [0.2, 0.25) is 0 Å². The van der Waals surface area contributed by atoms with Crippen molar-refractivity contribution in [1.29, 1.82) is 0 Å². The van der Waals surface area contributed by atoms with E-state index >= 15 is 0 Å². The van der Waals surface area contributed by atoms with E-state index in [9.17, 15) is 4.79 Å². The third kappa shape index (κ3) is 4.64. The Labute approximate surface area is 204 Å². The van der Waals surface area contributed by atoms with E-state index in [1.807, 2.05) is 35.0 Å². The monoisotopic (exact) mass is 494 g/mol. The number of hydrogen-bond acceptors (Lipinski definition) is 8. The number of carbonyl (C=O) groups excluding carboxylic acids is 1. The van der Waals surface area contributed by atoms with Gasteiger partial charge in [-0.15, -0.1) is 32.9 Å². The maximum Gasteiger partial charge on any atom is 0.253 e. The summed E-state index contributed by atoms with van der Waals surface area (Å²) in [7, 11) is 0. The molecule has 7 nitrogen and oxygen atoms in total. The second kappa shape index (κ2) is 9.98. The van der Waals surface area contributed by atoms with Gasteiger partial charge in [-0.25, -0.2) is 5.01 Å². The highest BCUT2D eigenvalue weighted by atomic mass is 32.2. The first kappa shape index (κ1) is 22.0. The van der Waals surface area contributed by atoms with Crippen LogP contribution < -0.4 is 0 Å². The molecule has 5 rings (SSSR count). The molecule has 10 heteroatoms. The Morgan fingerprint density at radius 2 is 1.94 bits per heavy atom. The van der Waals surface area contributed by atoms with Gasteiger partial charge in [-0.3, -0.25) is 9.78 Å². The van der Waals surface area contributed by atoms with Crippen LogP contribution in [0.25, 0.3) is 11.4 Å². The number of nitrogens with zero attached hydrogens (tertiary/aromatic N) is 6.